The van der Waals surface area contributed by atoms with Gasteiger partial charge in [0.25, 0.3) is 5.91 Å². The monoisotopic (exact) mass is 420 g/mol. The molecular weight excluding hydrogens is 396 g/mol. The number of rotatable bonds is 6. The molecule has 1 saturated carbocycles. The molecule has 3 aromatic rings. The summed E-state index contributed by atoms with van der Waals surface area (Å²) in [6.45, 7) is 0.608. The van der Waals surface area contributed by atoms with Crippen molar-refractivity contribution in [2.24, 2.45) is 11.8 Å². The molecule has 154 valence electrons. The molecular formula is C24H24N2O3S. The zero-order chi connectivity index (χ0) is 20.9. The molecule has 2 N–H and O–H groups in total. The van der Waals surface area contributed by atoms with Gasteiger partial charge in [-0.15, -0.1) is 11.3 Å². The number of aliphatic carboxylic acids is 1. The predicted molar refractivity (Wildman–Crippen MR) is 118 cm³/mol. The molecule has 1 amide bonds. The number of aromatic nitrogens is 1. The van der Waals surface area contributed by atoms with Crippen molar-refractivity contribution in [1.29, 1.82) is 0 Å². The van der Waals surface area contributed by atoms with Crippen LogP contribution in [0.15, 0.2) is 60.1 Å². The number of nitrogens with one attached hydrogen (secondary N) is 1. The Morgan fingerprint density at radius 3 is 2.40 bits per heavy atom. The minimum absolute atomic E-state index is 0.0586. The summed E-state index contributed by atoms with van der Waals surface area (Å²) >= 11 is 1.44. The average molecular weight is 421 g/mol. The third kappa shape index (κ3) is 4.76. The molecule has 0 bridgehead atoms. The molecule has 1 aliphatic carbocycles. The highest BCUT2D eigenvalue weighted by molar-refractivity contribution is 7.12. The summed E-state index contributed by atoms with van der Waals surface area (Å²) in [5.41, 5.74) is 4.09. The van der Waals surface area contributed by atoms with E-state index >= 15 is 0 Å². The second kappa shape index (κ2) is 9.22. The molecule has 5 nitrogen and oxygen atoms in total. The SMILES string of the molecule is O=C(NCC1CCC(C(=O)O)CC1)c1cc(-c2ccc(-c3ccccn3)cc2)cs1. The third-order valence-electron chi connectivity index (χ3n) is 5.75. The zero-order valence-electron chi connectivity index (χ0n) is 16.6. The Labute approximate surface area is 179 Å². The van der Waals surface area contributed by atoms with Gasteiger partial charge in [0.05, 0.1) is 16.5 Å². The van der Waals surface area contributed by atoms with Crippen molar-refractivity contribution >= 4 is 23.2 Å². The van der Waals surface area contributed by atoms with E-state index in [-0.39, 0.29) is 11.8 Å². The molecule has 0 spiro atoms. The minimum Gasteiger partial charge on any atom is -0.481 e. The van der Waals surface area contributed by atoms with Crippen LogP contribution in [0.25, 0.3) is 22.4 Å². The summed E-state index contributed by atoms with van der Waals surface area (Å²) in [7, 11) is 0. The molecule has 6 heteroatoms. The van der Waals surface area contributed by atoms with E-state index in [4.69, 9.17) is 5.11 Å². The van der Waals surface area contributed by atoms with Gasteiger partial charge in [-0.2, -0.15) is 0 Å². The molecule has 0 aliphatic heterocycles. The second-order valence-corrected chi connectivity index (χ2v) is 8.67. The van der Waals surface area contributed by atoms with Gasteiger partial charge in [-0.3, -0.25) is 14.6 Å². The van der Waals surface area contributed by atoms with Crippen LogP contribution in [0.5, 0.6) is 0 Å². The number of carboxylic acids is 1. The summed E-state index contributed by atoms with van der Waals surface area (Å²) in [5.74, 6) is -0.614. The molecule has 2 heterocycles. The first-order chi connectivity index (χ1) is 14.6. The first kappa shape index (κ1) is 20.3. The van der Waals surface area contributed by atoms with Crippen LogP contribution in [0.3, 0.4) is 0 Å². The van der Waals surface area contributed by atoms with Crippen molar-refractivity contribution in [3.05, 3.63) is 65.0 Å². The van der Waals surface area contributed by atoms with Gasteiger partial charge < -0.3 is 10.4 Å². The van der Waals surface area contributed by atoms with Crippen LogP contribution in [0.1, 0.15) is 35.4 Å². The van der Waals surface area contributed by atoms with Gasteiger partial charge in [0.15, 0.2) is 0 Å². The summed E-state index contributed by atoms with van der Waals surface area (Å²) in [6, 6.07) is 16.0. The molecule has 0 atom stereocenters. The number of hydrogen-bond acceptors (Lipinski definition) is 4. The highest BCUT2D eigenvalue weighted by Gasteiger charge is 2.26. The van der Waals surface area contributed by atoms with E-state index in [1.165, 1.54) is 11.3 Å². The largest absolute Gasteiger partial charge is 0.481 e. The first-order valence-corrected chi connectivity index (χ1v) is 11.1. The smallest absolute Gasteiger partial charge is 0.306 e. The predicted octanol–water partition coefficient (Wildman–Crippen LogP) is 5.10. The molecule has 30 heavy (non-hydrogen) atoms. The molecule has 0 radical (unpaired) electrons. The number of nitrogens with zero attached hydrogens (tertiary/aromatic N) is 1. The van der Waals surface area contributed by atoms with Crippen molar-refractivity contribution in [2.45, 2.75) is 25.7 Å². The van der Waals surface area contributed by atoms with Crippen LogP contribution < -0.4 is 5.32 Å². The lowest BCUT2D eigenvalue weighted by Gasteiger charge is -2.26. The fourth-order valence-electron chi connectivity index (χ4n) is 3.91. The van der Waals surface area contributed by atoms with Crippen LogP contribution >= 0.6 is 11.3 Å². The van der Waals surface area contributed by atoms with E-state index in [2.05, 4.69) is 22.4 Å². The Morgan fingerprint density at radius 1 is 1.00 bits per heavy atom. The van der Waals surface area contributed by atoms with Crippen molar-refractivity contribution in [1.82, 2.24) is 10.3 Å². The second-order valence-electron chi connectivity index (χ2n) is 7.76. The van der Waals surface area contributed by atoms with Crippen molar-refractivity contribution in [3.8, 4) is 22.4 Å². The lowest BCUT2D eigenvalue weighted by Crippen LogP contribution is -2.32. The molecule has 0 unspecified atom stereocenters. The number of carbonyl (C=O) groups excluding carboxylic acids is 1. The number of amides is 1. The van der Waals surface area contributed by atoms with E-state index in [1.54, 1.807) is 6.20 Å². The van der Waals surface area contributed by atoms with E-state index in [1.807, 2.05) is 41.8 Å². The zero-order valence-corrected chi connectivity index (χ0v) is 17.4. The van der Waals surface area contributed by atoms with Crippen LogP contribution in [-0.4, -0.2) is 28.5 Å². The Morgan fingerprint density at radius 2 is 1.73 bits per heavy atom. The Hall–Kier alpha value is -2.99. The molecule has 1 aromatic carbocycles. The summed E-state index contributed by atoms with van der Waals surface area (Å²) < 4.78 is 0. The van der Waals surface area contributed by atoms with Crippen LogP contribution in [-0.2, 0) is 4.79 Å². The van der Waals surface area contributed by atoms with E-state index < -0.39 is 5.97 Å². The lowest BCUT2D eigenvalue weighted by atomic mass is 9.82. The summed E-state index contributed by atoms with van der Waals surface area (Å²) in [4.78, 5) is 28.7. The minimum atomic E-state index is -0.698. The van der Waals surface area contributed by atoms with Crippen LogP contribution in [0.4, 0.5) is 0 Å². The highest BCUT2D eigenvalue weighted by Crippen LogP contribution is 2.30. The van der Waals surface area contributed by atoms with Gasteiger partial charge in [-0.25, -0.2) is 0 Å². The van der Waals surface area contributed by atoms with Crippen molar-refractivity contribution < 1.29 is 14.7 Å². The maximum Gasteiger partial charge on any atom is 0.306 e. The Balaban J connectivity index is 1.33. The fourth-order valence-corrected chi connectivity index (χ4v) is 4.74. The van der Waals surface area contributed by atoms with Gasteiger partial charge in [0.1, 0.15) is 0 Å². The maximum atomic E-state index is 12.5. The Bertz CT molecular complexity index is 1010. The number of hydrogen-bond donors (Lipinski definition) is 2. The average Bonchev–Trinajstić information content (AvgIpc) is 3.29. The van der Waals surface area contributed by atoms with Gasteiger partial charge in [0.2, 0.25) is 0 Å². The van der Waals surface area contributed by atoms with Crippen LogP contribution in [0, 0.1) is 11.8 Å². The molecule has 1 fully saturated rings. The number of benzene rings is 1. The summed E-state index contributed by atoms with van der Waals surface area (Å²) in [5, 5.41) is 14.1. The molecule has 2 aromatic heterocycles. The number of pyridine rings is 1. The lowest BCUT2D eigenvalue weighted by molar-refractivity contribution is -0.143. The Kier molecular flexibility index (Phi) is 6.23. The van der Waals surface area contributed by atoms with E-state index in [0.717, 1.165) is 35.2 Å². The highest BCUT2D eigenvalue weighted by atomic mass is 32.1. The van der Waals surface area contributed by atoms with E-state index in [0.29, 0.717) is 30.2 Å². The van der Waals surface area contributed by atoms with Crippen molar-refractivity contribution in [3.63, 3.8) is 0 Å². The van der Waals surface area contributed by atoms with E-state index in [9.17, 15) is 9.59 Å². The normalized spacial score (nSPS) is 18.7. The van der Waals surface area contributed by atoms with Crippen molar-refractivity contribution in [2.75, 3.05) is 6.54 Å². The first-order valence-electron chi connectivity index (χ1n) is 10.2. The van der Waals surface area contributed by atoms with Gasteiger partial charge >= 0.3 is 5.97 Å². The van der Waals surface area contributed by atoms with Gasteiger partial charge in [0, 0.05) is 18.3 Å². The quantitative estimate of drug-likeness (QED) is 0.582. The topological polar surface area (TPSA) is 79.3 Å². The third-order valence-corrected chi connectivity index (χ3v) is 6.68. The number of carboxylic acid groups (broad SMARTS) is 1. The fraction of sp³-hybridized carbons (Fsp3) is 0.292. The molecule has 4 rings (SSSR count). The maximum absolute atomic E-state index is 12.5. The van der Waals surface area contributed by atoms with Gasteiger partial charge in [-0.05, 0) is 66.3 Å². The number of thiophene rings is 1. The van der Waals surface area contributed by atoms with Gasteiger partial charge in [-0.1, -0.05) is 30.3 Å². The standard InChI is InChI=1S/C24H24N2O3S/c27-23(26-14-16-4-6-19(7-5-16)24(28)29)22-13-20(15-30-22)17-8-10-18(11-9-17)21-3-1-2-12-25-21/h1-3,8-13,15-16,19H,4-7,14H2,(H,26,27)(H,28,29). The van der Waals surface area contributed by atoms with Crippen LogP contribution in [0.2, 0.25) is 0 Å². The molecule has 0 saturated heterocycles. The number of carbonyl (C=O) groups is 2. The summed E-state index contributed by atoms with van der Waals surface area (Å²) in [6.07, 6.45) is 4.90. The molecule has 1 aliphatic rings.